The summed E-state index contributed by atoms with van der Waals surface area (Å²) < 4.78 is 26.9. The van der Waals surface area contributed by atoms with Crippen molar-refractivity contribution in [3.63, 3.8) is 0 Å². The number of hydrogen-bond donors (Lipinski definition) is 1. The van der Waals surface area contributed by atoms with Crippen molar-refractivity contribution >= 4 is 43.4 Å². The van der Waals surface area contributed by atoms with Crippen molar-refractivity contribution in [2.45, 2.75) is 4.90 Å². The quantitative estimate of drug-likeness (QED) is 0.866. The number of aromatic nitrogens is 2. The molecular weight excluding hydrogens is 342 g/mol. The molecule has 0 aromatic carbocycles. The summed E-state index contributed by atoms with van der Waals surface area (Å²) in [5.41, 5.74) is 0. The molecule has 0 atom stereocenters. The molecule has 0 radical (unpaired) electrons. The van der Waals surface area contributed by atoms with Gasteiger partial charge in [0.05, 0.1) is 0 Å². The maximum atomic E-state index is 12.0. The fourth-order valence-corrected chi connectivity index (χ4v) is 3.03. The van der Waals surface area contributed by atoms with Gasteiger partial charge in [0.15, 0.2) is 0 Å². The molecule has 0 unspecified atom stereocenters. The molecule has 2 aromatic rings. The Morgan fingerprint density at radius 3 is 2.67 bits per heavy atom. The van der Waals surface area contributed by atoms with Crippen molar-refractivity contribution in [1.82, 2.24) is 9.97 Å². The van der Waals surface area contributed by atoms with Gasteiger partial charge in [0.2, 0.25) is 0 Å². The van der Waals surface area contributed by atoms with Gasteiger partial charge in [0.25, 0.3) is 10.0 Å². The topological polar surface area (TPSA) is 72.0 Å². The highest BCUT2D eigenvalue weighted by molar-refractivity contribution is 9.10. The molecule has 0 aliphatic heterocycles. The molecule has 0 bridgehead atoms. The van der Waals surface area contributed by atoms with E-state index in [1.165, 1.54) is 24.4 Å². The molecule has 94 valence electrons. The lowest BCUT2D eigenvalue weighted by Gasteiger charge is -2.08. The predicted octanol–water partition coefficient (Wildman–Crippen LogP) is 2.69. The molecule has 0 saturated heterocycles. The zero-order valence-electron chi connectivity index (χ0n) is 8.84. The Morgan fingerprint density at radius 2 is 2.00 bits per heavy atom. The molecule has 0 amide bonds. The van der Waals surface area contributed by atoms with Crippen LogP contribution in [0.25, 0.3) is 0 Å². The minimum atomic E-state index is -3.79. The van der Waals surface area contributed by atoms with Crippen LogP contribution in [0.3, 0.4) is 0 Å². The second kappa shape index (κ2) is 5.21. The second-order valence-corrected chi connectivity index (χ2v) is 6.06. The highest BCUT2D eigenvalue weighted by Crippen LogP contribution is 2.21. The van der Waals surface area contributed by atoms with Gasteiger partial charge < -0.3 is 0 Å². The molecule has 0 aliphatic rings. The number of anilines is 1. The van der Waals surface area contributed by atoms with Gasteiger partial charge in [-0.15, -0.1) is 0 Å². The van der Waals surface area contributed by atoms with Gasteiger partial charge in [-0.25, -0.2) is 18.4 Å². The van der Waals surface area contributed by atoms with Gasteiger partial charge in [-0.3, -0.25) is 4.72 Å². The van der Waals surface area contributed by atoms with Crippen LogP contribution < -0.4 is 4.72 Å². The van der Waals surface area contributed by atoms with Crippen LogP contribution in [-0.4, -0.2) is 18.4 Å². The number of hydrogen-bond acceptors (Lipinski definition) is 4. The summed E-state index contributed by atoms with van der Waals surface area (Å²) in [5.74, 6) is 0.198. The van der Waals surface area contributed by atoms with Crippen LogP contribution in [0, 0.1) is 0 Å². The fraction of sp³-hybridized carbons (Fsp3) is 0. The van der Waals surface area contributed by atoms with Crippen LogP contribution in [0.4, 0.5) is 5.82 Å². The molecule has 2 heterocycles. The first-order valence-corrected chi connectivity index (χ1v) is 7.40. The largest absolute Gasteiger partial charge is 0.266 e. The highest BCUT2D eigenvalue weighted by Gasteiger charge is 2.18. The van der Waals surface area contributed by atoms with Crippen molar-refractivity contribution in [2.75, 3.05) is 4.72 Å². The molecule has 0 spiro atoms. The molecule has 2 rings (SSSR count). The minimum Gasteiger partial charge on any atom is -0.263 e. The molecule has 5 nitrogen and oxygen atoms in total. The SMILES string of the molecule is O=S(=O)(Nc1cccc(Br)n1)c1cccnc1Cl. The number of rotatable bonds is 3. The van der Waals surface area contributed by atoms with Crippen LogP contribution in [0.2, 0.25) is 5.15 Å². The average molecular weight is 349 g/mol. The van der Waals surface area contributed by atoms with Crippen LogP contribution in [-0.2, 0) is 10.0 Å². The van der Waals surface area contributed by atoms with E-state index in [1.54, 1.807) is 12.1 Å². The van der Waals surface area contributed by atoms with Crippen LogP contribution in [0.1, 0.15) is 0 Å². The monoisotopic (exact) mass is 347 g/mol. The van der Waals surface area contributed by atoms with E-state index in [9.17, 15) is 8.42 Å². The number of nitrogens with zero attached hydrogens (tertiary/aromatic N) is 2. The van der Waals surface area contributed by atoms with Crippen LogP contribution in [0.5, 0.6) is 0 Å². The first-order valence-electron chi connectivity index (χ1n) is 4.75. The third-order valence-electron chi connectivity index (χ3n) is 1.97. The molecule has 18 heavy (non-hydrogen) atoms. The Bertz CT molecular complexity index is 678. The van der Waals surface area contributed by atoms with Crippen molar-refractivity contribution in [3.8, 4) is 0 Å². The maximum absolute atomic E-state index is 12.0. The zero-order valence-corrected chi connectivity index (χ0v) is 12.0. The van der Waals surface area contributed by atoms with E-state index >= 15 is 0 Å². The van der Waals surface area contributed by atoms with Gasteiger partial charge in [0, 0.05) is 6.20 Å². The molecular formula is C10H7BrClN3O2S. The summed E-state index contributed by atoms with van der Waals surface area (Å²) in [6.45, 7) is 0. The Kier molecular flexibility index (Phi) is 3.84. The number of nitrogens with one attached hydrogen (secondary N) is 1. The van der Waals surface area contributed by atoms with E-state index < -0.39 is 10.0 Å². The van der Waals surface area contributed by atoms with E-state index in [-0.39, 0.29) is 15.9 Å². The maximum Gasteiger partial charge on any atom is 0.266 e. The molecule has 8 heteroatoms. The van der Waals surface area contributed by atoms with Crippen LogP contribution >= 0.6 is 27.5 Å². The summed E-state index contributed by atoms with van der Waals surface area (Å²) in [6, 6.07) is 7.76. The predicted molar refractivity (Wildman–Crippen MR) is 72.0 cm³/mol. The van der Waals surface area contributed by atoms with Gasteiger partial charge in [-0.2, -0.15) is 0 Å². The number of sulfonamides is 1. The highest BCUT2D eigenvalue weighted by atomic mass is 79.9. The summed E-state index contributed by atoms with van der Waals surface area (Å²) in [4.78, 5) is 7.61. The summed E-state index contributed by atoms with van der Waals surface area (Å²) >= 11 is 8.90. The fourth-order valence-electron chi connectivity index (χ4n) is 1.23. The van der Waals surface area contributed by atoms with Gasteiger partial charge >= 0.3 is 0 Å². The first-order chi connectivity index (χ1) is 8.49. The third kappa shape index (κ3) is 2.98. The lowest BCUT2D eigenvalue weighted by Crippen LogP contribution is -2.14. The standard InChI is InChI=1S/C10H7BrClN3O2S/c11-8-4-1-5-9(14-8)15-18(16,17)7-3-2-6-13-10(7)12/h1-6H,(H,14,15). The van der Waals surface area contributed by atoms with Gasteiger partial charge in [-0.05, 0) is 40.2 Å². The Balaban J connectivity index is 2.37. The zero-order chi connectivity index (χ0) is 13.2. The van der Waals surface area contributed by atoms with Crippen molar-refractivity contribution in [1.29, 1.82) is 0 Å². The first kappa shape index (κ1) is 13.3. The average Bonchev–Trinajstić information content (AvgIpc) is 2.28. The molecule has 0 fully saturated rings. The second-order valence-electron chi connectivity index (χ2n) is 3.24. The molecule has 2 aromatic heterocycles. The lowest BCUT2D eigenvalue weighted by molar-refractivity contribution is 0.600. The van der Waals surface area contributed by atoms with E-state index in [0.29, 0.717) is 4.60 Å². The normalized spacial score (nSPS) is 11.2. The van der Waals surface area contributed by atoms with Gasteiger partial charge in [0.1, 0.15) is 20.5 Å². The third-order valence-corrected chi connectivity index (χ3v) is 4.21. The lowest BCUT2D eigenvalue weighted by atomic mass is 10.5. The smallest absolute Gasteiger partial charge is 0.263 e. The Morgan fingerprint density at radius 1 is 1.22 bits per heavy atom. The van der Waals surface area contributed by atoms with E-state index in [4.69, 9.17) is 11.6 Å². The summed E-state index contributed by atoms with van der Waals surface area (Å²) in [6.07, 6.45) is 1.42. The Labute approximate surface area is 117 Å². The number of pyridine rings is 2. The Hall–Kier alpha value is -1.18. The van der Waals surface area contributed by atoms with Gasteiger partial charge in [-0.1, -0.05) is 17.7 Å². The van der Waals surface area contributed by atoms with E-state index in [1.807, 2.05) is 0 Å². The molecule has 0 saturated carbocycles. The summed E-state index contributed by atoms with van der Waals surface area (Å²) in [7, 11) is -3.79. The van der Waals surface area contributed by atoms with E-state index in [2.05, 4.69) is 30.6 Å². The van der Waals surface area contributed by atoms with Crippen molar-refractivity contribution < 1.29 is 8.42 Å². The van der Waals surface area contributed by atoms with Crippen molar-refractivity contribution in [3.05, 3.63) is 46.3 Å². The minimum absolute atomic E-state index is 0.0833. The van der Waals surface area contributed by atoms with E-state index in [0.717, 1.165) is 0 Å². The van der Waals surface area contributed by atoms with Crippen LogP contribution in [0.15, 0.2) is 46.0 Å². The molecule has 1 N–H and O–H groups in total. The van der Waals surface area contributed by atoms with Crippen molar-refractivity contribution in [2.24, 2.45) is 0 Å². The number of halogens is 2. The molecule has 0 aliphatic carbocycles. The summed E-state index contributed by atoms with van der Waals surface area (Å²) in [5, 5.41) is -0.0833.